The van der Waals surface area contributed by atoms with Crippen molar-refractivity contribution in [2.24, 2.45) is 0 Å². The Morgan fingerprint density at radius 1 is 1.05 bits per heavy atom. The molecule has 0 bridgehead atoms. The number of nitrogens with zero attached hydrogens (tertiary/aromatic N) is 1. The molecule has 2 rings (SSSR count). The minimum Gasteiger partial charge on any atom is -0.496 e. The van der Waals surface area contributed by atoms with Crippen LogP contribution >= 0.6 is 0 Å². The summed E-state index contributed by atoms with van der Waals surface area (Å²) in [5.74, 6) is 1.18. The van der Waals surface area contributed by atoms with Crippen LogP contribution in [0, 0.1) is 10.1 Å². The Morgan fingerprint density at radius 2 is 1.76 bits per heavy atom. The van der Waals surface area contributed by atoms with Crippen molar-refractivity contribution >= 4 is 5.69 Å². The van der Waals surface area contributed by atoms with Gasteiger partial charge in [0.2, 0.25) is 0 Å². The van der Waals surface area contributed by atoms with Crippen LogP contribution < -0.4 is 9.47 Å². The molecule has 5 nitrogen and oxygen atoms in total. The number of nitro groups is 1. The predicted octanol–water partition coefficient (Wildman–Crippen LogP) is 3.74. The van der Waals surface area contributed by atoms with Crippen LogP contribution in [0.3, 0.4) is 0 Å². The van der Waals surface area contributed by atoms with E-state index < -0.39 is 4.92 Å². The second-order valence-corrected chi connectivity index (χ2v) is 4.58. The zero-order chi connectivity index (χ0) is 15.2. The van der Waals surface area contributed by atoms with Gasteiger partial charge in [0.15, 0.2) is 0 Å². The molecule has 0 aliphatic heterocycles. The molecule has 0 spiro atoms. The highest BCUT2D eigenvalue weighted by Crippen LogP contribution is 2.23. The van der Waals surface area contributed by atoms with Crippen LogP contribution in [0.5, 0.6) is 11.5 Å². The molecule has 0 N–H and O–H groups in total. The van der Waals surface area contributed by atoms with Gasteiger partial charge in [-0.1, -0.05) is 19.1 Å². The maximum Gasteiger partial charge on any atom is 0.273 e. The summed E-state index contributed by atoms with van der Waals surface area (Å²) in [7, 11) is 1.48. The Hall–Kier alpha value is -2.56. The van der Waals surface area contributed by atoms with E-state index in [1.165, 1.54) is 24.8 Å². The molecule has 0 saturated heterocycles. The zero-order valence-electron chi connectivity index (χ0n) is 12.0. The van der Waals surface area contributed by atoms with E-state index in [-0.39, 0.29) is 12.3 Å². The standard InChI is InChI=1S/C16H17NO4/c1-3-12-4-6-15(7-5-12)21-11-13-8-14(17(18)19)10-16(9-13)20-2/h4-10H,3,11H2,1-2H3. The lowest BCUT2D eigenvalue weighted by Gasteiger charge is -2.08. The fourth-order valence-electron chi connectivity index (χ4n) is 1.94. The minimum absolute atomic E-state index is 0.00530. The Kier molecular flexibility index (Phi) is 4.77. The molecule has 0 aromatic heterocycles. The van der Waals surface area contributed by atoms with E-state index in [4.69, 9.17) is 9.47 Å². The first-order valence-corrected chi connectivity index (χ1v) is 6.66. The smallest absolute Gasteiger partial charge is 0.273 e. The van der Waals surface area contributed by atoms with Crippen molar-refractivity contribution in [2.45, 2.75) is 20.0 Å². The molecule has 21 heavy (non-hydrogen) atoms. The Labute approximate surface area is 123 Å². The van der Waals surface area contributed by atoms with Crippen molar-refractivity contribution in [3.8, 4) is 11.5 Å². The molecule has 0 atom stereocenters. The fourth-order valence-corrected chi connectivity index (χ4v) is 1.94. The average molecular weight is 287 g/mol. The summed E-state index contributed by atoms with van der Waals surface area (Å²) in [6, 6.07) is 12.4. The number of ether oxygens (including phenoxy) is 2. The second kappa shape index (κ2) is 6.74. The monoisotopic (exact) mass is 287 g/mol. The van der Waals surface area contributed by atoms with Gasteiger partial charge in [0.05, 0.1) is 18.1 Å². The third-order valence-corrected chi connectivity index (χ3v) is 3.13. The van der Waals surface area contributed by atoms with E-state index in [1.807, 2.05) is 24.3 Å². The number of methoxy groups -OCH3 is 1. The lowest BCUT2D eigenvalue weighted by Crippen LogP contribution is -1.98. The van der Waals surface area contributed by atoms with Gasteiger partial charge in [-0.15, -0.1) is 0 Å². The summed E-state index contributed by atoms with van der Waals surface area (Å²) in [6.07, 6.45) is 0.975. The summed E-state index contributed by atoms with van der Waals surface area (Å²) < 4.78 is 10.7. The maximum atomic E-state index is 10.9. The summed E-state index contributed by atoms with van der Waals surface area (Å²) in [5, 5.41) is 10.9. The molecule has 0 aliphatic carbocycles. The molecule has 0 saturated carbocycles. The molecule has 0 unspecified atom stereocenters. The van der Waals surface area contributed by atoms with Crippen LogP contribution in [-0.4, -0.2) is 12.0 Å². The van der Waals surface area contributed by atoms with E-state index in [2.05, 4.69) is 6.92 Å². The normalized spacial score (nSPS) is 10.2. The number of aryl methyl sites for hydroxylation is 1. The van der Waals surface area contributed by atoms with Crippen molar-refractivity contribution < 1.29 is 14.4 Å². The van der Waals surface area contributed by atoms with Crippen molar-refractivity contribution in [3.63, 3.8) is 0 Å². The number of non-ortho nitro benzene ring substituents is 1. The lowest BCUT2D eigenvalue weighted by molar-refractivity contribution is -0.385. The number of benzene rings is 2. The number of hydrogen-bond donors (Lipinski definition) is 0. The van der Waals surface area contributed by atoms with Crippen LogP contribution in [0.4, 0.5) is 5.69 Å². The quantitative estimate of drug-likeness (QED) is 0.599. The van der Waals surface area contributed by atoms with E-state index in [0.717, 1.165) is 12.2 Å². The van der Waals surface area contributed by atoms with Crippen LogP contribution in [0.2, 0.25) is 0 Å². The first kappa shape index (κ1) is 14.8. The fraction of sp³-hybridized carbons (Fsp3) is 0.250. The van der Waals surface area contributed by atoms with Gasteiger partial charge in [0.1, 0.15) is 18.1 Å². The van der Waals surface area contributed by atoms with Gasteiger partial charge in [-0.25, -0.2) is 0 Å². The molecule has 110 valence electrons. The molecule has 0 aliphatic rings. The van der Waals surface area contributed by atoms with E-state index >= 15 is 0 Å². The first-order valence-electron chi connectivity index (χ1n) is 6.66. The second-order valence-electron chi connectivity index (χ2n) is 4.58. The third-order valence-electron chi connectivity index (χ3n) is 3.13. The van der Waals surface area contributed by atoms with Gasteiger partial charge in [0, 0.05) is 6.07 Å². The summed E-state index contributed by atoms with van der Waals surface area (Å²) in [6.45, 7) is 2.34. The molecule has 5 heteroatoms. The number of hydrogen-bond acceptors (Lipinski definition) is 4. The van der Waals surface area contributed by atoms with Gasteiger partial charge in [0.25, 0.3) is 5.69 Å². The summed E-state index contributed by atoms with van der Waals surface area (Å²) in [4.78, 5) is 10.4. The predicted molar refractivity (Wildman–Crippen MR) is 79.8 cm³/mol. The zero-order valence-corrected chi connectivity index (χ0v) is 12.0. The van der Waals surface area contributed by atoms with Crippen molar-refractivity contribution in [2.75, 3.05) is 7.11 Å². The summed E-state index contributed by atoms with van der Waals surface area (Å²) in [5.41, 5.74) is 1.93. The highest BCUT2D eigenvalue weighted by Gasteiger charge is 2.10. The van der Waals surface area contributed by atoms with E-state index in [9.17, 15) is 10.1 Å². The van der Waals surface area contributed by atoms with Gasteiger partial charge < -0.3 is 9.47 Å². The van der Waals surface area contributed by atoms with Gasteiger partial charge >= 0.3 is 0 Å². The SMILES string of the molecule is CCc1ccc(OCc2cc(OC)cc([N+](=O)[O-])c2)cc1. The van der Waals surface area contributed by atoms with Gasteiger partial charge in [-0.05, 0) is 35.7 Å². The molecule has 0 fully saturated rings. The maximum absolute atomic E-state index is 10.9. The molecule has 0 radical (unpaired) electrons. The van der Waals surface area contributed by atoms with Crippen LogP contribution in [0.1, 0.15) is 18.1 Å². The Balaban J connectivity index is 2.11. The molecular weight excluding hydrogens is 270 g/mol. The first-order chi connectivity index (χ1) is 10.1. The lowest BCUT2D eigenvalue weighted by atomic mass is 10.1. The Morgan fingerprint density at radius 3 is 2.33 bits per heavy atom. The molecular formula is C16H17NO4. The Bertz CT molecular complexity index is 623. The topological polar surface area (TPSA) is 61.6 Å². The minimum atomic E-state index is -0.442. The number of nitro benzene ring substituents is 1. The molecule has 0 amide bonds. The highest BCUT2D eigenvalue weighted by atomic mass is 16.6. The van der Waals surface area contributed by atoms with Gasteiger partial charge in [-0.3, -0.25) is 10.1 Å². The molecule has 2 aromatic rings. The largest absolute Gasteiger partial charge is 0.496 e. The average Bonchev–Trinajstić information content (AvgIpc) is 2.53. The van der Waals surface area contributed by atoms with Crippen LogP contribution in [0.15, 0.2) is 42.5 Å². The van der Waals surface area contributed by atoms with Crippen molar-refractivity contribution in [1.29, 1.82) is 0 Å². The van der Waals surface area contributed by atoms with Crippen molar-refractivity contribution in [3.05, 3.63) is 63.7 Å². The van der Waals surface area contributed by atoms with E-state index in [0.29, 0.717) is 11.3 Å². The van der Waals surface area contributed by atoms with Crippen LogP contribution in [0.25, 0.3) is 0 Å². The number of rotatable bonds is 6. The molecule has 2 aromatic carbocycles. The third kappa shape index (κ3) is 3.95. The highest BCUT2D eigenvalue weighted by molar-refractivity contribution is 5.42. The summed E-state index contributed by atoms with van der Waals surface area (Å²) >= 11 is 0. The van der Waals surface area contributed by atoms with Gasteiger partial charge in [-0.2, -0.15) is 0 Å². The molecule has 0 heterocycles. The van der Waals surface area contributed by atoms with E-state index in [1.54, 1.807) is 6.07 Å². The van der Waals surface area contributed by atoms with Crippen molar-refractivity contribution in [1.82, 2.24) is 0 Å². The van der Waals surface area contributed by atoms with Crippen LogP contribution in [-0.2, 0) is 13.0 Å².